The Bertz CT molecular complexity index is 2580. The lowest BCUT2D eigenvalue weighted by Crippen LogP contribution is -2.49. The summed E-state index contributed by atoms with van der Waals surface area (Å²) in [4.78, 5) is 30.0. The smallest absolute Gasteiger partial charge is 0.325 e. The quantitative estimate of drug-likeness (QED) is 0.0860. The molecule has 0 radical (unpaired) electrons. The fourth-order valence-corrected chi connectivity index (χ4v) is 7.94. The molecule has 8 rings (SSSR count). The number of carbonyl (C=O) groups is 2. The third-order valence-electron chi connectivity index (χ3n) is 10.8. The second kappa shape index (κ2) is 23.5. The molecule has 6 aromatic rings. The highest BCUT2D eigenvalue weighted by molar-refractivity contribution is 6.34. The molecule has 17 nitrogen and oxygen atoms in total. The summed E-state index contributed by atoms with van der Waals surface area (Å²) in [5, 5.41) is 41.5. The molecule has 21 heteroatoms. The van der Waals surface area contributed by atoms with Gasteiger partial charge in [0.15, 0.2) is 0 Å². The molecule has 2 aromatic carbocycles. The van der Waals surface area contributed by atoms with Crippen molar-refractivity contribution in [1.29, 1.82) is 0 Å². The Hall–Kier alpha value is -5.98. The van der Waals surface area contributed by atoms with Crippen LogP contribution in [0.4, 0.5) is 11.4 Å². The van der Waals surface area contributed by atoms with Gasteiger partial charge in [-0.25, -0.2) is 0 Å². The number of pyridine rings is 2. The van der Waals surface area contributed by atoms with Gasteiger partial charge in [-0.2, -0.15) is 10.2 Å². The van der Waals surface area contributed by atoms with Crippen LogP contribution in [0.2, 0.25) is 20.1 Å². The molecule has 1 amide bonds. The van der Waals surface area contributed by atoms with Crippen molar-refractivity contribution in [3.8, 4) is 34.0 Å². The topological polar surface area (TPSA) is 178 Å². The van der Waals surface area contributed by atoms with Crippen molar-refractivity contribution in [3.63, 3.8) is 0 Å². The Morgan fingerprint density at radius 1 is 0.652 bits per heavy atom. The molecule has 0 spiro atoms. The highest BCUT2D eigenvalue weighted by atomic mass is 35.5. The zero-order chi connectivity index (χ0) is 46.8. The van der Waals surface area contributed by atoms with Crippen molar-refractivity contribution < 1.29 is 44.0 Å². The molecular weight excluding hydrogens is 934 g/mol. The Balaban J connectivity index is 0.000000203. The predicted molar refractivity (Wildman–Crippen MR) is 254 cm³/mol. The van der Waals surface area contributed by atoms with Gasteiger partial charge in [-0.05, 0) is 38.1 Å². The van der Waals surface area contributed by atoms with Gasteiger partial charge < -0.3 is 34.6 Å². The van der Waals surface area contributed by atoms with E-state index in [4.69, 9.17) is 66.2 Å². The van der Waals surface area contributed by atoms with Crippen molar-refractivity contribution >= 4 is 69.7 Å². The molecule has 2 fully saturated rings. The highest BCUT2D eigenvalue weighted by Crippen LogP contribution is 2.33. The Labute approximate surface area is 403 Å². The number of rotatable bonds is 10. The Kier molecular flexibility index (Phi) is 18.1. The third kappa shape index (κ3) is 12.7. The first-order valence-corrected chi connectivity index (χ1v) is 21.9. The number of methoxy groups -OCH3 is 2. The summed E-state index contributed by atoms with van der Waals surface area (Å²) in [6.07, 6.45) is 5.89. The van der Waals surface area contributed by atoms with Crippen molar-refractivity contribution in [2.75, 3.05) is 76.4 Å². The maximum atomic E-state index is 12.9. The van der Waals surface area contributed by atoms with Crippen LogP contribution in [-0.4, -0.2) is 118 Å². The van der Waals surface area contributed by atoms with Gasteiger partial charge in [-0.1, -0.05) is 53.8 Å². The number of ether oxygens (including phenoxy) is 2. The number of carboxylic acid groups (broad SMARTS) is 1. The number of amides is 1. The number of nitrogens with one attached hydrogen (secondary N) is 1. The van der Waals surface area contributed by atoms with Crippen LogP contribution in [0.3, 0.4) is 0 Å². The lowest BCUT2D eigenvalue weighted by Gasteiger charge is -2.36. The minimum absolute atomic E-state index is 0. The summed E-state index contributed by atoms with van der Waals surface area (Å²) < 4.78 is 15.3. The standard InChI is InChI=1S/C22H24Cl2N5O3.C11H10ClN3O3.C11H15ClN2O.CH4/c1-15-21(24)22(16-5-7-28(31)8-6-16)25-29(15)14-20(30)27-11-9-26(10-12-27)17-3-4-18(23)19(13-17)32-2;1-7-10(12)11(13-15(7)6-9(16)17)8-2-4-14(18)5-3-8;1-15-11-8-9(2-3-10(11)12)14-6-4-13-5-7-14;/h3-8,13,31H,9-12,14H2,1-2H3;2-5H,6H2,1H3,(H-,13,16,17,18);2-3,8,13H,4-7H2,1H3;1H4/q+1;;;/p+1. The van der Waals surface area contributed by atoms with Gasteiger partial charge in [-0.3, -0.25) is 29.4 Å². The van der Waals surface area contributed by atoms with Crippen LogP contribution in [0, 0.1) is 13.8 Å². The van der Waals surface area contributed by atoms with Crippen LogP contribution in [0.25, 0.3) is 22.5 Å². The van der Waals surface area contributed by atoms with Gasteiger partial charge in [0.2, 0.25) is 30.7 Å². The van der Waals surface area contributed by atoms with Crippen molar-refractivity contribution in [1.82, 2.24) is 29.8 Å². The number of aromatic nitrogens is 6. The summed E-state index contributed by atoms with van der Waals surface area (Å²) in [6, 6.07) is 18.3. The third-order valence-corrected chi connectivity index (χ3v) is 12.3. The SMILES string of the molecule is C.COc1cc(N2CCN(C(=O)Cn3nc(-c4cc[n+](O)cc4)c(Cl)c3C)CC2)ccc1Cl.COc1cc(N2CCNCC2)ccc1Cl.Cc1c(Cl)c(-c2cc[n+](O)cc2)nn1CC(=O)O. The average molecular weight is 989 g/mol. The number of carboxylic acids is 1. The van der Waals surface area contributed by atoms with E-state index in [0.29, 0.717) is 74.7 Å². The van der Waals surface area contributed by atoms with Gasteiger partial charge >= 0.3 is 5.97 Å². The van der Waals surface area contributed by atoms with E-state index in [0.717, 1.165) is 58.3 Å². The summed E-state index contributed by atoms with van der Waals surface area (Å²) >= 11 is 24.7. The summed E-state index contributed by atoms with van der Waals surface area (Å²) in [6.45, 7) is 10.2. The molecule has 66 heavy (non-hydrogen) atoms. The second-order valence-corrected chi connectivity index (χ2v) is 16.5. The number of halogens is 4. The van der Waals surface area contributed by atoms with E-state index < -0.39 is 5.97 Å². The summed E-state index contributed by atoms with van der Waals surface area (Å²) in [5.74, 6) is 0.392. The van der Waals surface area contributed by atoms with E-state index in [-0.39, 0.29) is 26.4 Å². The first-order valence-electron chi connectivity index (χ1n) is 20.4. The first kappa shape index (κ1) is 51.0. The molecule has 0 aliphatic carbocycles. The minimum atomic E-state index is -0.981. The molecule has 6 heterocycles. The molecule has 352 valence electrons. The zero-order valence-corrected chi connectivity index (χ0v) is 39.2. The molecule has 2 aliphatic heterocycles. The van der Waals surface area contributed by atoms with Gasteiger partial charge in [-0.15, -0.1) is 0 Å². The van der Waals surface area contributed by atoms with E-state index in [1.54, 1.807) is 50.1 Å². The van der Waals surface area contributed by atoms with Gasteiger partial charge in [0.05, 0.1) is 45.7 Å². The predicted octanol–water partition coefficient (Wildman–Crippen LogP) is 6.56. The van der Waals surface area contributed by atoms with Gasteiger partial charge in [0.25, 0.3) is 0 Å². The lowest BCUT2D eigenvalue weighted by atomic mass is 10.2. The monoisotopic (exact) mass is 986 g/mol. The maximum absolute atomic E-state index is 12.9. The van der Waals surface area contributed by atoms with E-state index in [1.807, 2.05) is 48.2 Å². The molecule has 4 aromatic heterocycles. The Morgan fingerprint density at radius 2 is 1.06 bits per heavy atom. The Morgan fingerprint density at radius 3 is 1.47 bits per heavy atom. The van der Waals surface area contributed by atoms with Crippen LogP contribution in [0.1, 0.15) is 18.8 Å². The number of aliphatic carboxylic acids is 1. The highest BCUT2D eigenvalue weighted by Gasteiger charge is 2.25. The van der Waals surface area contributed by atoms with E-state index in [2.05, 4.69) is 25.3 Å². The maximum Gasteiger partial charge on any atom is 0.325 e. The fourth-order valence-electron chi connectivity index (χ4n) is 7.06. The van der Waals surface area contributed by atoms with E-state index in [9.17, 15) is 14.8 Å². The number of anilines is 2. The van der Waals surface area contributed by atoms with Gasteiger partial charge in [0, 0.05) is 121 Å². The normalized spacial score (nSPS) is 13.4. The van der Waals surface area contributed by atoms with Crippen LogP contribution in [0.15, 0.2) is 85.5 Å². The molecule has 2 aliphatic rings. The summed E-state index contributed by atoms with van der Waals surface area (Å²) in [7, 11) is 3.24. The number of hydrogen-bond acceptors (Lipinski definition) is 11. The minimum Gasteiger partial charge on any atom is -0.495 e. The zero-order valence-electron chi connectivity index (χ0n) is 36.2. The molecule has 4 N–H and O–H groups in total. The van der Waals surface area contributed by atoms with Gasteiger partial charge in [0.1, 0.15) is 36.0 Å². The van der Waals surface area contributed by atoms with E-state index in [1.165, 1.54) is 35.2 Å². The van der Waals surface area contributed by atoms with Crippen LogP contribution in [-0.2, 0) is 22.7 Å². The van der Waals surface area contributed by atoms with Crippen molar-refractivity contribution in [3.05, 3.63) is 117 Å². The first-order chi connectivity index (χ1) is 31.2. The van der Waals surface area contributed by atoms with E-state index >= 15 is 0 Å². The number of benzene rings is 2. The molecule has 0 atom stereocenters. The summed E-state index contributed by atoms with van der Waals surface area (Å²) in [5.41, 5.74) is 6.06. The largest absolute Gasteiger partial charge is 0.495 e. The van der Waals surface area contributed by atoms with Crippen molar-refractivity contribution in [2.45, 2.75) is 34.4 Å². The molecule has 0 saturated carbocycles. The number of carbonyl (C=O) groups excluding carboxylic acids is 1. The van der Waals surface area contributed by atoms with Crippen molar-refractivity contribution in [2.24, 2.45) is 0 Å². The number of nitrogens with zero attached hydrogens (tertiary/aromatic N) is 9. The second-order valence-electron chi connectivity index (χ2n) is 14.9. The van der Waals surface area contributed by atoms with Crippen LogP contribution < -0.4 is 34.1 Å². The van der Waals surface area contributed by atoms with Crippen LogP contribution in [0.5, 0.6) is 11.5 Å². The number of hydrogen-bond donors (Lipinski definition) is 4. The lowest BCUT2D eigenvalue weighted by molar-refractivity contribution is -0.904. The molecular formula is C45H54Cl4N10O7+2. The number of piperazine rings is 2. The fraction of sp³-hybridized carbons (Fsp3) is 0.333. The van der Waals surface area contributed by atoms with Crippen LogP contribution >= 0.6 is 46.4 Å². The molecule has 2 saturated heterocycles. The average Bonchev–Trinajstić information content (AvgIpc) is 3.75. The molecule has 0 bridgehead atoms. The molecule has 0 unspecified atom stereocenters.